The fourth-order valence-electron chi connectivity index (χ4n) is 12.5. The molecule has 0 spiro atoms. The Bertz CT molecular complexity index is 1770. The van der Waals surface area contributed by atoms with E-state index in [1.54, 1.807) is 0 Å². The molecule has 1 unspecified atom stereocenters. The summed E-state index contributed by atoms with van der Waals surface area (Å²) in [7, 11) is 1.49. The molecule has 0 aromatic carbocycles. The quantitative estimate of drug-likeness (QED) is 0.0956. The highest BCUT2D eigenvalue weighted by Gasteiger charge is 2.60. The molecule has 2 amide bonds. The number of Topliss-reactive ketones (excluding diaryl/α,β-unsaturated/α-hetero) is 1. The third-order valence-corrected chi connectivity index (χ3v) is 15.6. The zero-order valence-electron chi connectivity index (χ0n) is 35.1. The van der Waals surface area contributed by atoms with Crippen LogP contribution in [0.15, 0.2) is 21.9 Å². The summed E-state index contributed by atoms with van der Waals surface area (Å²) < 4.78 is 12.8. The zero-order valence-corrected chi connectivity index (χ0v) is 35.1. The van der Waals surface area contributed by atoms with Crippen LogP contribution in [0.3, 0.4) is 0 Å². The van der Waals surface area contributed by atoms with Crippen LogP contribution < -0.4 is 21.9 Å². The van der Waals surface area contributed by atoms with E-state index in [9.17, 15) is 28.8 Å². The Labute approximate surface area is 338 Å². The van der Waals surface area contributed by atoms with E-state index in [0.717, 1.165) is 30.1 Å². The summed E-state index contributed by atoms with van der Waals surface area (Å²) in [5.74, 6) is 3.84. The second-order valence-electron chi connectivity index (χ2n) is 18.6. The summed E-state index contributed by atoms with van der Waals surface area (Å²) in [6, 6.07) is 0. The van der Waals surface area contributed by atoms with Gasteiger partial charge in [0.2, 0.25) is 11.8 Å². The third-order valence-electron chi connectivity index (χ3n) is 15.6. The SMILES string of the molecule is CC[C@H]1O[C@@H](n2cc(/C=C/C(=O)NCCCC(=O)CC[C@@H](C)[C@H]3CC[C@H]4[C@@H]5CC[C@@H]6CCCC[C@]6(C)[C@H]5CC[C@]34C)c(=O)[nH]c2=O)CC1OC(=O)CCC(=O)NC. The number of H-pyrrole nitrogens is 1. The maximum atomic E-state index is 13.0. The molecule has 11 atom stereocenters. The monoisotopic (exact) mass is 793 g/mol. The first-order valence-corrected chi connectivity index (χ1v) is 22.2. The largest absolute Gasteiger partial charge is 0.459 e. The van der Waals surface area contributed by atoms with E-state index in [4.69, 9.17) is 9.47 Å². The van der Waals surface area contributed by atoms with Gasteiger partial charge < -0.3 is 20.1 Å². The van der Waals surface area contributed by atoms with Gasteiger partial charge in [0.05, 0.1) is 18.1 Å². The third kappa shape index (κ3) is 9.52. The molecule has 0 bridgehead atoms. The lowest BCUT2D eigenvalue weighted by atomic mass is 9.44. The van der Waals surface area contributed by atoms with E-state index in [0.29, 0.717) is 54.9 Å². The van der Waals surface area contributed by atoms with Crippen LogP contribution in [-0.4, -0.2) is 58.9 Å². The van der Waals surface area contributed by atoms with Crippen LogP contribution >= 0.6 is 0 Å². The molecule has 57 heavy (non-hydrogen) atoms. The van der Waals surface area contributed by atoms with Crippen LogP contribution in [0.1, 0.15) is 155 Å². The van der Waals surface area contributed by atoms with Crippen molar-refractivity contribution in [3.8, 4) is 0 Å². The summed E-state index contributed by atoms with van der Waals surface area (Å²) in [5, 5.41) is 5.26. The Balaban J connectivity index is 0.925. The standard InChI is InChI=1S/C45H68N4O8/c1-6-36-37(57-41(53)21-20-38(51)46-5)26-40(56-36)49-27-29(42(54)48-43(49)55)13-19-39(52)47-25-9-11-31(50)15-12-28(2)33-17-18-34-32-16-14-30-10-7-8-23-44(30,3)35(32)22-24-45(33,34)4/h13,19,27-28,30,32-37,40H,6-12,14-18,20-26H2,1-5H3,(H,46,51)(H,47,52)(H,48,54,55)/b19-13+/t28-,30+,32+,33-,34+,35+,36-,37?,40-,44+,45-/m1/s1. The Morgan fingerprint density at radius 3 is 2.54 bits per heavy atom. The molecule has 0 radical (unpaired) electrons. The van der Waals surface area contributed by atoms with Gasteiger partial charge in [0.1, 0.15) is 18.1 Å². The molecule has 1 aromatic heterocycles. The fourth-order valence-corrected chi connectivity index (χ4v) is 12.5. The summed E-state index contributed by atoms with van der Waals surface area (Å²) in [6.07, 6.45) is 19.1. The number of hydrogen-bond acceptors (Lipinski definition) is 8. The van der Waals surface area contributed by atoms with Crippen molar-refractivity contribution in [2.45, 2.75) is 162 Å². The van der Waals surface area contributed by atoms with Gasteiger partial charge in [-0.1, -0.05) is 40.5 Å². The number of fused-ring (bicyclic) bond motifs is 5. The van der Waals surface area contributed by atoms with Crippen molar-refractivity contribution in [2.75, 3.05) is 13.6 Å². The smallest absolute Gasteiger partial charge is 0.330 e. The molecule has 12 nitrogen and oxygen atoms in total. The van der Waals surface area contributed by atoms with Crippen molar-refractivity contribution in [2.24, 2.45) is 46.3 Å². The molecule has 316 valence electrons. The minimum absolute atomic E-state index is 0.00389. The molecule has 4 saturated carbocycles. The molecule has 3 N–H and O–H groups in total. The molecular formula is C45H68N4O8. The number of nitrogens with zero attached hydrogens (tertiary/aromatic N) is 1. The lowest BCUT2D eigenvalue weighted by Crippen LogP contribution is -2.53. The highest BCUT2D eigenvalue weighted by Crippen LogP contribution is 2.68. The minimum Gasteiger partial charge on any atom is -0.459 e. The Kier molecular flexibility index (Phi) is 14.0. The van der Waals surface area contributed by atoms with Crippen molar-refractivity contribution in [3.63, 3.8) is 0 Å². The molecule has 5 aliphatic rings. The minimum atomic E-state index is -0.805. The fraction of sp³-hybridized carbons (Fsp3) is 0.778. The molecule has 12 heteroatoms. The Morgan fingerprint density at radius 1 is 0.982 bits per heavy atom. The average molecular weight is 793 g/mol. The van der Waals surface area contributed by atoms with Crippen molar-refractivity contribution >= 4 is 29.6 Å². The van der Waals surface area contributed by atoms with Gasteiger partial charge >= 0.3 is 11.7 Å². The van der Waals surface area contributed by atoms with Gasteiger partial charge in [-0.2, -0.15) is 0 Å². The van der Waals surface area contributed by atoms with Gasteiger partial charge in [-0.3, -0.25) is 33.5 Å². The number of aromatic nitrogens is 2. The van der Waals surface area contributed by atoms with Gasteiger partial charge in [-0.25, -0.2) is 4.79 Å². The highest BCUT2D eigenvalue weighted by atomic mass is 16.6. The Morgan fingerprint density at radius 2 is 1.77 bits per heavy atom. The van der Waals surface area contributed by atoms with Crippen LogP contribution in [0.25, 0.3) is 6.08 Å². The van der Waals surface area contributed by atoms with E-state index in [1.165, 1.54) is 94.2 Å². The lowest BCUT2D eigenvalue weighted by molar-refractivity contribution is -0.153. The normalized spacial score (nSPS) is 33.8. The van der Waals surface area contributed by atoms with Gasteiger partial charge in [-0.15, -0.1) is 0 Å². The number of esters is 1. The zero-order chi connectivity index (χ0) is 40.9. The van der Waals surface area contributed by atoms with E-state index < -0.39 is 41.6 Å². The molecule has 1 saturated heterocycles. The van der Waals surface area contributed by atoms with Crippen molar-refractivity contribution in [1.29, 1.82) is 0 Å². The summed E-state index contributed by atoms with van der Waals surface area (Å²) in [6.45, 7) is 9.84. The van der Waals surface area contributed by atoms with E-state index in [2.05, 4.69) is 36.4 Å². The molecule has 4 aliphatic carbocycles. The topological polar surface area (TPSA) is 166 Å². The van der Waals surface area contributed by atoms with Crippen LogP contribution in [0.4, 0.5) is 0 Å². The van der Waals surface area contributed by atoms with Crippen LogP contribution in [0, 0.1) is 46.3 Å². The molecule has 5 fully saturated rings. The predicted molar refractivity (Wildman–Crippen MR) is 218 cm³/mol. The van der Waals surface area contributed by atoms with Crippen LogP contribution in [0.2, 0.25) is 0 Å². The number of carbonyl (C=O) groups excluding carboxylic acids is 4. The van der Waals surface area contributed by atoms with Crippen molar-refractivity contribution in [1.82, 2.24) is 20.2 Å². The number of aromatic amines is 1. The molecular weight excluding hydrogens is 725 g/mol. The van der Waals surface area contributed by atoms with Crippen molar-refractivity contribution in [3.05, 3.63) is 38.7 Å². The maximum Gasteiger partial charge on any atom is 0.330 e. The molecule has 6 rings (SSSR count). The number of nitrogens with one attached hydrogen (secondary N) is 3. The second-order valence-corrected chi connectivity index (χ2v) is 18.6. The van der Waals surface area contributed by atoms with E-state index in [1.807, 2.05) is 6.92 Å². The van der Waals surface area contributed by atoms with Gasteiger partial charge in [0, 0.05) is 51.5 Å². The number of amides is 2. The first-order valence-electron chi connectivity index (χ1n) is 22.2. The summed E-state index contributed by atoms with van der Waals surface area (Å²) >= 11 is 0. The summed E-state index contributed by atoms with van der Waals surface area (Å²) in [4.78, 5) is 77.1. The van der Waals surface area contributed by atoms with E-state index in [-0.39, 0.29) is 36.5 Å². The average Bonchev–Trinajstić information content (AvgIpc) is 3.77. The number of hydrogen-bond donors (Lipinski definition) is 3. The van der Waals surface area contributed by atoms with E-state index >= 15 is 0 Å². The predicted octanol–water partition coefficient (Wildman–Crippen LogP) is 6.62. The molecule has 1 aromatic rings. The molecule has 2 heterocycles. The molecule has 1 aliphatic heterocycles. The van der Waals surface area contributed by atoms with Crippen molar-refractivity contribution < 1.29 is 28.7 Å². The second kappa shape index (κ2) is 18.6. The van der Waals surface area contributed by atoms with Gasteiger partial charge in [-0.05, 0) is 123 Å². The number of ether oxygens (including phenoxy) is 2. The van der Waals surface area contributed by atoms with Gasteiger partial charge in [0.15, 0.2) is 0 Å². The van der Waals surface area contributed by atoms with Crippen LogP contribution in [0.5, 0.6) is 0 Å². The maximum absolute atomic E-state index is 13.0. The lowest BCUT2D eigenvalue weighted by Gasteiger charge is -2.61. The summed E-state index contributed by atoms with van der Waals surface area (Å²) in [5.41, 5.74) is -0.294. The highest BCUT2D eigenvalue weighted by molar-refractivity contribution is 5.91. The van der Waals surface area contributed by atoms with Crippen LogP contribution in [-0.2, 0) is 28.7 Å². The first-order chi connectivity index (χ1) is 27.3. The number of carbonyl (C=O) groups is 4. The Hall–Kier alpha value is -3.54. The first kappa shape index (κ1) is 43.0. The van der Waals surface area contributed by atoms with Gasteiger partial charge in [0.25, 0.3) is 5.56 Å². The number of ketones is 1. The number of rotatable bonds is 16.